The van der Waals surface area contributed by atoms with Crippen molar-refractivity contribution in [3.8, 4) is 6.07 Å². The highest BCUT2D eigenvalue weighted by Gasteiger charge is 2.45. The molecule has 0 amide bonds. The highest BCUT2D eigenvalue weighted by atomic mass is 16.4. The van der Waals surface area contributed by atoms with Crippen molar-refractivity contribution in [3.63, 3.8) is 0 Å². The van der Waals surface area contributed by atoms with E-state index in [1.165, 1.54) is 0 Å². The predicted octanol–water partition coefficient (Wildman–Crippen LogP) is 6.07. The summed E-state index contributed by atoms with van der Waals surface area (Å²) >= 11 is 0. The Bertz CT molecular complexity index is 2280. The third-order valence-corrected chi connectivity index (χ3v) is 11.0. The van der Waals surface area contributed by atoms with Crippen LogP contribution in [0.4, 0.5) is 5.82 Å². The van der Waals surface area contributed by atoms with Crippen LogP contribution in [0, 0.1) is 30.1 Å². The van der Waals surface area contributed by atoms with Crippen molar-refractivity contribution in [2.75, 3.05) is 18.4 Å². The number of anilines is 1. The van der Waals surface area contributed by atoms with Gasteiger partial charge in [0, 0.05) is 55.9 Å². The zero-order chi connectivity index (χ0) is 36.0. The Balaban J connectivity index is 1.17. The number of nitrogens with zero attached hydrogens (tertiary/aromatic N) is 5. The van der Waals surface area contributed by atoms with Crippen molar-refractivity contribution in [2.45, 2.75) is 63.9 Å². The standard InChI is InChI=1S/C41H41N7O4/c1-24-6-3-4-7-33(24)34-8-5-11-41(25(34)2,47-38-36-28(9-12-43-38)15-27(21-45-36)22-48-13-10-32(49)23-48)40-46-35-16-26(14-30(19-42)37(35)52-40)20-44-31-17-29(18-31)39(50)51/h3-9,11-12,14-16,21,25,29,31-32,44,49H,10,13,17-18,20,22-23H2,1-2H3,(H,43,47)(H,50,51)/t25?,29-,31-,32-,41?/m1/s1. The lowest BCUT2D eigenvalue weighted by Gasteiger charge is -2.39. The van der Waals surface area contributed by atoms with Gasteiger partial charge in [-0.25, -0.2) is 9.97 Å². The quantitative estimate of drug-likeness (QED) is 0.134. The Morgan fingerprint density at radius 2 is 2.00 bits per heavy atom. The number of benzene rings is 2. The lowest BCUT2D eigenvalue weighted by molar-refractivity contribution is -0.145. The number of fused-ring (bicyclic) bond motifs is 2. The van der Waals surface area contributed by atoms with Gasteiger partial charge in [0.1, 0.15) is 22.6 Å². The maximum Gasteiger partial charge on any atom is 0.306 e. The second kappa shape index (κ2) is 13.6. The normalized spacial score (nSPS) is 24.5. The van der Waals surface area contributed by atoms with E-state index in [-0.39, 0.29) is 24.0 Å². The lowest BCUT2D eigenvalue weighted by Crippen LogP contribution is -2.43. The summed E-state index contributed by atoms with van der Waals surface area (Å²) in [6.07, 6.45) is 11.5. The maximum atomic E-state index is 11.3. The van der Waals surface area contributed by atoms with Gasteiger partial charge in [0.25, 0.3) is 0 Å². The minimum atomic E-state index is -1.01. The number of aryl methyl sites for hydroxylation is 1. The van der Waals surface area contributed by atoms with Gasteiger partial charge in [-0.15, -0.1) is 0 Å². The van der Waals surface area contributed by atoms with Crippen LogP contribution in [0.3, 0.4) is 0 Å². The number of aliphatic hydroxyl groups is 1. The van der Waals surface area contributed by atoms with Gasteiger partial charge in [-0.2, -0.15) is 5.26 Å². The highest BCUT2D eigenvalue weighted by molar-refractivity contribution is 5.89. The van der Waals surface area contributed by atoms with E-state index in [0.717, 1.165) is 46.2 Å². The number of nitriles is 1. The summed E-state index contributed by atoms with van der Waals surface area (Å²) < 4.78 is 6.62. The summed E-state index contributed by atoms with van der Waals surface area (Å²) in [5.41, 5.74) is 6.36. The molecule has 264 valence electrons. The number of aliphatic carboxylic acids is 1. The van der Waals surface area contributed by atoms with E-state index in [4.69, 9.17) is 19.4 Å². The first-order valence-electron chi connectivity index (χ1n) is 17.9. The molecule has 0 bridgehead atoms. The monoisotopic (exact) mass is 695 g/mol. The number of hydrogen-bond donors (Lipinski definition) is 4. The number of aliphatic hydroxyl groups excluding tert-OH is 1. The molecule has 11 nitrogen and oxygen atoms in total. The molecule has 0 spiro atoms. The molecule has 5 aromatic rings. The van der Waals surface area contributed by atoms with Crippen molar-refractivity contribution < 1.29 is 19.4 Å². The molecule has 8 rings (SSSR count). The lowest BCUT2D eigenvalue weighted by atomic mass is 9.73. The molecule has 3 atom stereocenters. The van der Waals surface area contributed by atoms with Crippen molar-refractivity contribution in [2.24, 2.45) is 11.8 Å². The van der Waals surface area contributed by atoms with E-state index in [9.17, 15) is 20.3 Å². The number of carboxylic acid groups (broad SMARTS) is 1. The maximum absolute atomic E-state index is 11.3. The van der Waals surface area contributed by atoms with E-state index in [1.54, 1.807) is 6.20 Å². The molecule has 1 saturated carbocycles. The van der Waals surface area contributed by atoms with Gasteiger partial charge in [0.15, 0.2) is 11.4 Å². The first-order valence-corrected chi connectivity index (χ1v) is 17.9. The Hall–Kier alpha value is -5.41. The number of rotatable bonds is 10. The third kappa shape index (κ3) is 6.23. The fraction of sp³-hybridized carbons (Fsp3) is 0.341. The minimum Gasteiger partial charge on any atom is -0.481 e. The van der Waals surface area contributed by atoms with Crippen LogP contribution in [-0.4, -0.2) is 61.3 Å². The molecule has 2 unspecified atom stereocenters. The first-order chi connectivity index (χ1) is 25.2. The molecule has 52 heavy (non-hydrogen) atoms. The van der Waals surface area contributed by atoms with Gasteiger partial charge >= 0.3 is 5.97 Å². The molecule has 1 aliphatic heterocycles. The zero-order valence-corrected chi connectivity index (χ0v) is 29.2. The summed E-state index contributed by atoms with van der Waals surface area (Å²) in [5.74, 6) is -0.279. The molecular formula is C41H41N7O4. The van der Waals surface area contributed by atoms with Crippen LogP contribution in [-0.2, 0) is 23.4 Å². The van der Waals surface area contributed by atoms with E-state index in [1.807, 2.05) is 42.6 Å². The molecule has 2 aliphatic carbocycles. The molecule has 2 fully saturated rings. The molecule has 2 aromatic carbocycles. The molecular weight excluding hydrogens is 654 g/mol. The van der Waals surface area contributed by atoms with Crippen molar-refractivity contribution in [1.29, 1.82) is 5.26 Å². The van der Waals surface area contributed by atoms with Gasteiger partial charge < -0.3 is 25.3 Å². The number of nitrogens with one attached hydrogen (secondary N) is 2. The van der Waals surface area contributed by atoms with Crippen molar-refractivity contribution >= 4 is 39.4 Å². The summed E-state index contributed by atoms with van der Waals surface area (Å²) in [6, 6.07) is 18.6. The van der Waals surface area contributed by atoms with Gasteiger partial charge in [0.2, 0.25) is 5.89 Å². The average Bonchev–Trinajstić information content (AvgIpc) is 3.74. The summed E-state index contributed by atoms with van der Waals surface area (Å²) in [4.78, 5) is 28.3. The molecule has 1 saturated heterocycles. The molecule has 3 aromatic heterocycles. The van der Waals surface area contributed by atoms with Gasteiger partial charge in [-0.1, -0.05) is 43.3 Å². The van der Waals surface area contributed by atoms with Crippen LogP contribution < -0.4 is 10.6 Å². The number of allylic oxidation sites excluding steroid dienone is 2. The molecule has 11 heteroatoms. The fourth-order valence-corrected chi connectivity index (χ4v) is 7.91. The van der Waals surface area contributed by atoms with Gasteiger partial charge in [0.05, 0.1) is 17.6 Å². The van der Waals surface area contributed by atoms with Gasteiger partial charge in [-0.3, -0.25) is 14.7 Å². The smallest absolute Gasteiger partial charge is 0.306 e. The number of carbonyl (C=O) groups is 1. The van der Waals surface area contributed by atoms with Crippen molar-refractivity contribution in [3.05, 3.63) is 113 Å². The SMILES string of the molecule is Cc1ccccc1C1=CC=CC(Nc2nccc3cc(CN4CC[C@@H](O)C4)cnc23)(c2nc3cc(CN[C@H]4C[C@H](C(=O)O)C4)cc(C#N)c3o2)C1C. The number of pyridine rings is 2. The van der Waals surface area contributed by atoms with E-state index < -0.39 is 11.5 Å². The summed E-state index contributed by atoms with van der Waals surface area (Å²) in [5, 5.41) is 37.7. The van der Waals surface area contributed by atoms with Crippen LogP contribution in [0.5, 0.6) is 0 Å². The molecule has 3 aliphatic rings. The van der Waals surface area contributed by atoms with Gasteiger partial charge in [-0.05, 0) is 84.4 Å². The fourth-order valence-electron chi connectivity index (χ4n) is 7.91. The van der Waals surface area contributed by atoms with Crippen LogP contribution >= 0.6 is 0 Å². The second-order valence-corrected chi connectivity index (χ2v) is 14.5. The van der Waals surface area contributed by atoms with Crippen LogP contribution in [0.25, 0.3) is 27.6 Å². The number of hydrogen-bond acceptors (Lipinski definition) is 10. The largest absolute Gasteiger partial charge is 0.481 e. The Morgan fingerprint density at radius 3 is 2.77 bits per heavy atom. The zero-order valence-electron chi connectivity index (χ0n) is 29.2. The van der Waals surface area contributed by atoms with Crippen LogP contribution in [0.1, 0.15) is 59.9 Å². The highest BCUT2D eigenvalue weighted by Crippen LogP contribution is 2.46. The number of carboxylic acids is 1. The predicted molar refractivity (Wildman–Crippen MR) is 198 cm³/mol. The summed E-state index contributed by atoms with van der Waals surface area (Å²) in [6.45, 7) is 6.96. The van der Waals surface area contributed by atoms with E-state index >= 15 is 0 Å². The van der Waals surface area contributed by atoms with E-state index in [0.29, 0.717) is 66.4 Å². The number of aromatic nitrogens is 3. The molecule has 0 radical (unpaired) electrons. The average molecular weight is 696 g/mol. The Morgan fingerprint density at radius 1 is 1.15 bits per heavy atom. The number of likely N-dealkylation sites (tertiary alicyclic amines) is 1. The molecule has 4 heterocycles. The first kappa shape index (κ1) is 33.7. The minimum absolute atomic E-state index is 0.119. The van der Waals surface area contributed by atoms with Crippen molar-refractivity contribution in [1.82, 2.24) is 25.2 Å². The topological polar surface area (TPSA) is 160 Å². The number of β-amino-alcohol motifs (C(OH)–C–C–N with tert-alkyl or cyclic N) is 1. The van der Waals surface area contributed by atoms with Crippen LogP contribution in [0.2, 0.25) is 0 Å². The third-order valence-electron chi connectivity index (χ3n) is 11.0. The van der Waals surface area contributed by atoms with E-state index in [2.05, 4.69) is 65.8 Å². The number of oxazole rings is 1. The van der Waals surface area contributed by atoms with Crippen LogP contribution in [0.15, 0.2) is 83.6 Å². The second-order valence-electron chi connectivity index (χ2n) is 14.5. The Labute approximate surface area is 301 Å². The molecule has 4 N–H and O–H groups in total. The summed E-state index contributed by atoms with van der Waals surface area (Å²) in [7, 11) is 0. The Kier molecular flexibility index (Phi) is 8.83.